The number of hydrogen-bond acceptors (Lipinski definition) is 5. The lowest BCUT2D eigenvalue weighted by atomic mass is 9.97. The average Bonchev–Trinajstić information content (AvgIpc) is 2.40. The van der Waals surface area contributed by atoms with Gasteiger partial charge in [-0.3, -0.25) is 4.79 Å². The molecular formula is C14H26O5. The van der Waals surface area contributed by atoms with Crippen molar-refractivity contribution in [3.63, 3.8) is 0 Å². The monoisotopic (exact) mass is 274 g/mol. The molecule has 0 aromatic rings. The van der Waals surface area contributed by atoms with E-state index < -0.39 is 0 Å². The fourth-order valence-electron chi connectivity index (χ4n) is 2.12. The van der Waals surface area contributed by atoms with Crippen LogP contribution in [0.4, 0.5) is 0 Å². The van der Waals surface area contributed by atoms with Crippen LogP contribution in [0.25, 0.3) is 0 Å². The van der Waals surface area contributed by atoms with E-state index in [0.29, 0.717) is 39.5 Å². The van der Waals surface area contributed by atoms with Gasteiger partial charge in [-0.05, 0) is 12.8 Å². The predicted octanol–water partition coefficient (Wildman–Crippen LogP) is 1.32. The molecule has 0 aromatic carbocycles. The zero-order chi connectivity index (χ0) is 13.8. The number of ether oxygens (including phenoxy) is 3. The van der Waals surface area contributed by atoms with Crippen LogP contribution in [-0.2, 0) is 19.0 Å². The van der Waals surface area contributed by atoms with Gasteiger partial charge in [0.05, 0.1) is 39.6 Å². The second kappa shape index (κ2) is 11.3. The Balaban J connectivity index is 1.99. The molecule has 1 atom stereocenters. The molecule has 0 aromatic heterocycles. The van der Waals surface area contributed by atoms with Gasteiger partial charge in [-0.2, -0.15) is 0 Å². The van der Waals surface area contributed by atoms with E-state index in [1.165, 1.54) is 6.42 Å². The number of carbonyl (C=O) groups excluding carboxylic acids is 1. The molecule has 1 saturated carbocycles. The molecule has 0 spiro atoms. The van der Waals surface area contributed by atoms with Crippen LogP contribution in [0, 0.1) is 0 Å². The fraction of sp³-hybridized carbons (Fsp3) is 0.929. The quantitative estimate of drug-likeness (QED) is 0.642. The zero-order valence-corrected chi connectivity index (χ0v) is 11.6. The van der Waals surface area contributed by atoms with Crippen LogP contribution in [0.3, 0.4) is 0 Å². The van der Waals surface area contributed by atoms with E-state index in [-0.39, 0.29) is 18.5 Å². The number of Topliss-reactive ketones (excluding diaryl/α,β-unsaturated/α-hetero) is 1. The topological polar surface area (TPSA) is 65.0 Å². The van der Waals surface area contributed by atoms with E-state index in [1.807, 2.05) is 0 Å². The van der Waals surface area contributed by atoms with Crippen molar-refractivity contribution in [3.05, 3.63) is 0 Å². The molecule has 0 radical (unpaired) electrons. The summed E-state index contributed by atoms with van der Waals surface area (Å²) >= 11 is 0. The summed E-state index contributed by atoms with van der Waals surface area (Å²) < 4.78 is 16.0. The molecule has 0 amide bonds. The zero-order valence-electron chi connectivity index (χ0n) is 11.6. The third-order valence-electron chi connectivity index (χ3n) is 3.15. The van der Waals surface area contributed by atoms with Crippen LogP contribution in [0.1, 0.15) is 38.5 Å². The summed E-state index contributed by atoms with van der Waals surface area (Å²) in [6.07, 6.45) is 5.71. The van der Waals surface area contributed by atoms with Crippen LogP contribution in [0.15, 0.2) is 0 Å². The van der Waals surface area contributed by atoms with Gasteiger partial charge in [-0.15, -0.1) is 0 Å². The highest BCUT2D eigenvalue weighted by Crippen LogP contribution is 2.16. The van der Waals surface area contributed by atoms with Gasteiger partial charge in [0, 0.05) is 6.42 Å². The van der Waals surface area contributed by atoms with Crippen molar-refractivity contribution in [2.24, 2.45) is 0 Å². The van der Waals surface area contributed by atoms with Crippen molar-refractivity contribution in [1.29, 1.82) is 0 Å². The Morgan fingerprint density at radius 3 is 2.42 bits per heavy atom. The molecule has 1 aliphatic rings. The Labute approximate surface area is 115 Å². The molecule has 5 nitrogen and oxygen atoms in total. The summed E-state index contributed by atoms with van der Waals surface area (Å²) in [7, 11) is 0. The average molecular weight is 274 g/mol. The Morgan fingerprint density at radius 2 is 1.63 bits per heavy atom. The summed E-state index contributed by atoms with van der Waals surface area (Å²) in [6.45, 7) is 2.27. The molecule has 1 fully saturated rings. The number of hydrogen-bond donors (Lipinski definition) is 1. The number of carbonyl (C=O) groups is 1. The maximum Gasteiger partial charge on any atom is 0.161 e. The standard InChI is InChI=1S/C14H26O5/c15-7-8-17-9-10-18-11-12-19-14-6-4-2-1-3-5-13(14)16/h14-15H,1-12H2. The van der Waals surface area contributed by atoms with Crippen LogP contribution in [0.5, 0.6) is 0 Å². The van der Waals surface area contributed by atoms with E-state index >= 15 is 0 Å². The van der Waals surface area contributed by atoms with Gasteiger partial charge in [0.25, 0.3) is 0 Å². The van der Waals surface area contributed by atoms with Gasteiger partial charge in [0.15, 0.2) is 5.78 Å². The van der Waals surface area contributed by atoms with Gasteiger partial charge in [-0.25, -0.2) is 0 Å². The molecule has 5 heteroatoms. The third kappa shape index (κ3) is 8.31. The summed E-state index contributed by atoms with van der Waals surface area (Å²) in [5.74, 6) is 0.242. The van der Waals surface area contributed by atoms with Gasteiger partial charge in [-0.1, -0.05) is 19.3 Å². The van der Waals surface area contributed by atoms with Gasteiger partial charge >= 0.3 is 0 Å². The van der Waals surface area contributed by atoms with Crippen LogP contribution in [-0.4, -0.2) is 56.6 Å². The molecule has 1 aliphatic carbocycles. The highest BCUT2D eigenvalue weighted by molar-refractivity contribution is 5.83. The second-order valence-electron chi connectivity index (χ2n) is 4.73. The maximum atomic E-state index is 11.8. The first-order valence-electron chi connectivity index (χ1n) is 7.25. The molecular weight excluding hydrogens is 248 g/mol. The van der Waals surface area contributed by atoms with E-state index in [0.717, 1.165) is 25.7 Å². The van der Waals surface area contributed by atoms with Crippen molar-refractivity contribution in [1.82, 2.24) is 0 Å². The number of aliphatic hydroxyl groups excluding tert-OH is 1. The van der Waals surface area contributed by atoms with E-state index in [1.54, 1.807) is 0 Å². The minimum Gasteiger partial charge on any atom is -0.394 e. The maximum absolute atomic E-state index is 11.8. The summed E-state index contributed by atoms with van der Waals surface area (Å²) in [4.78, 5) is 11.8. The Kier molecular flexibility index (Phi) is 9.89. The largest absolute Gasteiger partial charge is 0.394 e. The third-order valence-corrected chi connectivity index (χ3v) is 3.15. The summed E-state index contributed by atoms with van der Waals surface area (Å²) in [6, 6.07) is 0. The van der Waals surface area contributed by atoms with Gasteiger partial charge in [0.1, 0.15) is 6.10 Å². The molecule has 112 valence electrons. The molecule has 0 saturated heterocycles. The van der Waals surface area contributed by atoms with Gasteiger partial charge in [0.2, 0.25) is 0 Å². The van der Waals surface area contributed by atoms with E-state index in [9.17, 15) is 4.79 Å². The second-order valence-corrected chi connectivity index (χ2v) is 4.73. The van der Waals surface area contributed by atoms with Crippen molar-refractivity contribution < 1.29 is 24.1 Å². The molecule has 1 N–H and O–H groups in total. The summed E-state index contributed by atoms with van der Waals surface area (Å²) in [5.41, 5.74) is 0. The lowest BCUT2D eigenvalue weighted by Crippen LogP contribution is -2.27. The summed E-state index contributed by atoms with van der Waals surface area (Å²) in [5, 5.41) is 8.50. The molecule has 0 heterocycles. The van der Waals surface area contributed by atoms with E-state index in [2.05, 4.69) is 0 Å². The first-order chi connectivity index (χ1) is 9.34. The van der Waals surface area contributed by atoms with Crippen molar-refractivity contribution in [3.8, 4) is 0 Å². The molecule has 19 heavy (non-hydrogen) atoms. The Bertz CT molecular complexity index is 232. The fourth-order valence-corrected chi connectivity index (χ4v) is 2.12. The Morgan fingerprint density at radius 1 is 0.947 bits per heavy atom. The highest BCUT2D eigenvalue weighted by Gasteiger charge is 2.19. The van der Waals surface area contributed by atoms with Crippen LogP contribution < -0.4 is 0 Å². The van der Waals surface area contributed by atoms with Crippen LogP contribution in [0.2, 0.25) is 0 Å². The van der Waals surface area contributed by atoms with E-state index in [4.69, 9.17) is 19.3 Å². The normalized spacial score (nSPS) is 21.1. The minimum atomic E-state index is -0.227. The van der Waals surface area contributed by atoms with Crippen molar-refractivity contribution in [2.45, 2.75) is 44.6 Å². The predicted molar refractivity (Wildman–Crippen MR) is 71.2 cm³/mol. The number of ketones is 1. The van der Waals surface area contributed by atoms with Gasteiger partial charge < -0.3 is 19.3 Å². The minimum absolute atomic E-state index is 0.0346. The lowest BCUT2D eigenvalue weighted by molar-refractivity contribution is -0.132. The number of rotatable bonds is 9. The first-order valence-corrected chi connectivity index (χ1v) is 7.25. The van der Waals surface area contributed by atoms with Crippen molar-refractivity contribution >= 4 is 5.78 Å². The Hall–Kier alpha value is -0.490. The lowest BCUT2D eigenvalue weighted by Gasteiger charge is -2.19. The van der Waals surface area contributed by atoms with Crippen molar-refractivity contribution in [2.75, 3.05) is 39.6 Å². The SMILES string of the molecule is O=C1CCCCCCC1OCCOCCOCCO. The van der Waals surface area contributed by atoms with Crippen LogP contribution >= 0.6 is 0 Å². The first kappa shape index (κ1) is 16.6. The number of aliphatic hydroxyl groups is 1. The smallest absolute Gasteiger partial charge is 0.161 e. The molecule has 0 bridgehead atoms. The molecule has 1 rings (SSSR count). The molecule has 0 aliphatic heterocycles. The molecule has 1 unspecified atom stereocenters. The highest BCUT2D eigenvalue weighted by atomic mass is 16.5.